The van der Waals surface area contributed by atoms with Gasteiger partial charge in [0.15, 0.2) is 0 Å². The van der Waals surface area contributed by atoms with E-state index in [0.717, 1.165) is 12.8 Å². The number of primary amides is 1. The van der Waals surface area contributed by atoms with Gasteiger partial charge in [0, 0.05) is 11.3 Å². The van der Waals surface area contributed by atoms with E-state index >= 15 is 0 Å². The molecule has 116 valence electrons. The van der Waals surface area contributed by atoms with Crippen molar-refractivity contribution in [2.45, 2.75) is 43.9 Å². The third kappa shape index (κ3) is 6.14. The maximum Gasteiger partial charge on any atom is 0.326 e. The zero-order valence-corrected chi connectivity index (χ0v) is 12.9. The molecule has 0 aromatic carbocycles. The molecular formula is C12H23N3O4S. The molecule has 7 nitrogen and oxygen atoms in total. The average molecular weight is 305 g/mol. The molecule has 8 heteroatoms. The number of carboxylic acids is 1. The Bertz CT molecular complexity index is 350. The van der Waals surface area contributed by atoms with Crippen molar-refractivity contribution in [3.63, 3.8) is 0 Å². The molecule has 0 aromatic heterocycles. The van der Waals surface area contributed by atoms with Crippen LogP contribution in [0.4, 0.5) is 4.79 Å². The van der Waals surface area contributed by atoms with Crippen LogP contribution in [0.5, 0.6) is 0 Å². The summed E-state index contributed by atoms with van der Waals surface area (Å²) in [4.78, 5) is 33.3. The van der Waals surface area contributed by atoms with Crippen molar-refractivity contribution >= 4 is 29.7 Å². The van der Waals surface area contributed by atoms with Crippen molar-refractivity contribution in [1.29, 1.82) is 0 Å². The predicted molar refractivity (Wildman–Crippen MR) is 78.6 cm³/mol. The summed E-state index contributed by atoms with van der Waals surface area (Å²) >= 11 is 1.66. The smallest absolute Gasteiger partial charge is 0.326 e. The Labute approximate surface area is 123 Å². The monoisotopic (exact) mass is 305 g/mol. The van der Waals surface area contributed by atoms with Gasteiger partial charge in [0.25, 0.3) is 0 Å². The molecule has 0 rings (SSSR count). The minimum absolute atomic E-state index is 0.0697. The van der Waals surface area contributed by atoms with E-state index in [1.165, 1.54) is 0 Å². The fourth-order valence-corrected chi connectivity index (χ4v) is 2.51. The van der Waals surface area contributed by atoms with Crippen molar-refractivity contribution in [2.24, 2.45) is 5.73 Å². The van der Waals surface area contributed by atoms with Gasteiger partial charge in [-0.25, -0.2) is 9.59 Å². The van der Waals surface area contributed by atoms with Crippen LogP contribution in [0.25, 0.3) is 0 Å². The molecule has 0 aliphatic rings. The number of carbonyl (C=O) groups is 3. The molecule has 0 heterocycles. The lowest BCUT2D eigenvalue weighted by atomic mass is 10.0. The van der Waals surface area contributed by atoms with Gasteiger partial charge in [-0.1, -0.05) is 13.8 Å². The van der Waals surface area contributed by atoms with Crippen LogP contribution in [0.3, 0.4) is 0 Å². The molecule has 0 saturated heterocycles. The normalized spacial score (nSPS) is 12.6. The van der Waals surface area contributed by atoms with Gasteiger partial charge in [-0.3, -0.25) is 4.79 Å². The highest BCUT2D eigenvalue weighted by Gasteiger charge is 2.27. The molecular weight excluding hydrogens is 282 g/mol. The Morgan fingerprint density at radius 1 is 1.30 bits per heavy atom. The fraction of sp³-hybridized carbons (Fsp3) is 0.750. The first-order chi connectivity index (χ1) is 9.30. The molecule has 0 aliphatic carbocycles. The van der Waals surface area contributed by atoms with E-state index in [2.05, 4.69) is 10.6 Å². The number of rotatable bonds is 9. The number of carbonyl (C=O) groups excluding carboxylic acids is 2. The maximum absolute atomic E-state index is 11.7. The van der Waals surface area contributed by atoms with Crippen molar-refractivity contribution in [3.8, 4) is 0 Å². The average Bonchev–Trinajstić information content (AvgIpc) is 2.39. The minimum atomic E-state index is -1.31. The Balaban J connectivity index is 4.46. The molecule has 0 aliphatic heterocycles. The van der Waals surface area contributed by atoms with Crippen molar-refractivity contribution in [1.82, 2.24) is 10.6 Å². The number of nitrogens with two attached hydrogens (primary N) is 1. The molecule has 0 aromatic rings. The first kappa shape index (κ1) is 18.6. The molecule has 3 amide bonds. The zero-order chi connectivity index (χ0) is 15.8. The molecule has 0 radical (unpaired) electrons. The van der Waals surface area contributed by atoms with E-state index in [1.807, 2.05) is 20.1 Å². The van der Waals surface area contributed by atoms with Crippen molar-refractivity contribution < 1.29 is 19.5 Å². The van der Waals surface area contributed by atoms with Crippen LogP contribution in [0.2, 0.25) is 0 Å². The number of carboxylic acid groups (broad SMARTS) is 1. The number of urea groups is 1. The molecule has 0 saturated carbocycles. The van der Waals surface area contributed by atoms with Crippen LogP contribution in [0.1, 0.15) is 33.1 Å². The van der Waals surface area contributed by atoms with Gasteiger partial charge >= 0.3 is 12.0 Å². The van der Waals surface area contributed by atoms with Gasteiger partial charge in [0.2, 0.25) is 5.91 Å². The zero-order valence-electron chi connectivity index (χ0n) is 12.1. The summed E-state index contributed by atoms with van der Waals surface area (Å²) in [5, 5.41) is 13.8. The largest absolute Gasteiger partial charge is 0.480 e. The van der Waals surface area contributed by atoms with Gasteiger partial charge in [0.05, 0.1) is 6.42 Å². The Morgan fingerprint density at radius 3 is 2.20 bits per heavy atom. The topological polar surface area (TPSA) is 122 Å². The highest BCUT2D eigenvalue weighted by atomic mass is 32.2. The molecule has 20 heavy (non-hydrogen) atoms. The van der Waals surface area contributed by atoms with Crippen molar-refractivity contribution in [2.75, 3.05) is 12.8 Å². The first-order valence-corrected chi connectivity index (χ1v) is 7.63. The standard InChI is InChI=1S/C12H23N3O4S/c1-4-12(5-2,20-3)7-14-11(19)15-8(10(17)18)6-9(13)16/h8H,4-7H2,1-3H3,(H2,13,16)(H,17,18)(H2,14,15,19). The summed E-state index contributed by atoms with van der Waals surface area (Å²) in [6, 6.07) is -1.92. The Morgan fingerprint density at radius 2 is 1.85 bits per heavy atom. The molecule has 0 spiro atoms. The van der Waals surface area contributed by atoms with Gasteiger partial charge in [-0.05, 0) is 19.1 Å². The van der Waals surface area contributed by atoms with Crippen LogP contribution in [0.15, 0.2) is 0 Å². The second-order valence-corrected chi connectivity index (χ2v) is 5.76. The first-order valence-electron chi connectivity index (χ1n) is 6.40. The van der Waals surface area contributed by atoms with Crippen LogP contribution in [0, 0.1) is 0 Å². The SMILES string of the molecule is CCC(CC)(CNC(=O)NC(CC(N)=O)C(=O)O)SC. The minimum Gasteiger partial charge on any atom is -0.480 e. The van der Waals surface area contributed by atoms with E-state index in [1.54, 1.807) is 11.8 Å². The number of aliphatic carboxylic acids is 1. The molecule has 1 unspecified atom stereocenters. The van der Waals surface area contributed by atoms with Crippen LogP contribution in [-0.2, 0) is 9.59 Å². The second-order valence-electron chi connectivity index (χ2n) is 4.48. The van der Waals surface area contributed by atoms with Crippen molar-refractivity contribution in [3.05, 3.63) is 0 Å². The van der Waals surface area contributed by atoms with Crippen LogP contribution < -0.4 is 16.4 Å². The quantitative estimate of drug-likeness (QED) is 0.495. The molecule has 0 fully saturated rings. The third-order valence-electron chi connectivity index (χ3n) is 3.30. The van der Waals surface area contributed by atoms with Crippen LogP contribution in [-0.4, -0.2) is 46.6 Å². The summed E-state index contributed by atoms with van der Waals surface area (Å²) in [6.07, 6.45) is 3.31. The van der Waals surface area contributed by atoms with E-state index in [4.69, 9.17) is 10.8 Å². The Hall–Kier alpha value is -1.44. The second kappa shape index (κ2) is 8.68. The lowest BCUT2D eigenvalue weighted by Gasteiger charge is -2.30. The Kier molecular flexibility index (Phi) is 8.05. The third-order valence-corrected chi connectivity index (χ3v) is 4.89. The molecule has 5 N–H and O–H groups in total. The maximum atomic E-state index is 11.7. The highest BCUT2D eigenvalue weighted by Crippen LogP contribution is 2.29. The van der Waals surface area contributed by atoms with Gasteiger partial charge in [-0.15, -0.1) is 0 Å². The van der Waals surface area contributed by atoms with E-state index in [0.29, 0.717) is 6.54 Å². The highest BCUT2D eigenvalue weighted by molar-refractivity contribution is 8.00. The lowest BCUT2D eigenvalue weighted by molar-refractivity contribution is -0.140. The fourth-order valence-electron chi connectivity index (χ4n) is 1.71. The number of thioether (sulfide) groups is 1. The van der Waals surface area contributed by atoms with E-state index in [-0.39, 0.29) is 4.75 Å². The molecule has 1 atom stereocenters. The summed E-state index contributed by atoms with van der Waals surface area (Å²) in [7, 11) is 0. The summed E-state index contributed by atoms with van der Waals surface area (Å²) < 4.78 is -0.0697. The van der Waals surface area contributed by atoms with Crippen LogP contribution >= 0.6 is 11.8 Å². The van der Waals surface area contributed by atoms with Gasteiger partial charge < -0.3 is 21.5 Å². The number of nitrogens with one attached hydrogen (secondary N) is 2. The summed E-state index contributed by atoms with van der Waals surface area (Å²) in [5.74, 6) is -2.07. The molecule has 0 bridgehead atoms. The number of hydrogen-bond donors (Lipinski definition) is 4. The number of hydrogen-bond acceptors (Lipinski definition) is 4. The summed E-state index contributed by atoms with van der Waals surface area (Å²) in [6.45, 7) is 4.50. The van der Waals surface area contributed by atoms with E-state index < -0.39 is 30.4 Å². The lowest BCUT2D eigenvalue weighted by Crippen LogP contribution is -2.50. The van der Waals surface area contributed by atoms with Gasteiger partial charge in [0.1, 0.15) is 6.04 Å². The predicted octanol–water partition coefficient (Wildman–Crippen LogP) is 0.536. The van der Waals surface area contributed by atoms with E-state index in [9.17, 15) is 14.4 Å². The van der Waals surface area contributed by atoms with Gasteiger partial charge in [-0.2, -0.15) is 11.8 Å². The number of amides is 3. The summed E-state index contributed by atoms with van der Waals surface area (Å²) in [5.41, 5.74) is 4.94.